The van der Waals surface area contributed by atoms with Crippen molar-refractivity contribution >= 4 is 57.9 Å². The SMILES string of the molecule is O=C(O)CCCCCCCCCCN1C(=O)/C(=C/c2ccccc2Cl)SC1=S. The zero-order chi connectivity index (χ0) is 20.4. The van der Waals surface area contributed by atoms with Crippen LogP contribution in [0.2, 0.25) is 5.02 Å². The zero-order valence-electron chi connectivity index (χ0n) is 15.9. The first-order chi connectivity index (χ1) is 13.5. The summed E-state index contributed by atoms with van der Waals surface area (Å²) in [4.78, 5) is 25.4. The molecule has 1 aromatic rings. The van der Waals surface area contributed by atoms with Gasteiger partial charge in [0.05, 0.1) is 4.91 Å². The molecule has 1 aliphatic heterocycles. The lowest BCUT2D eigenvalue weighted by Crippen LogP contribution is -2.29. The molecule has 2 rings (SSSR count). The fraction of sp³-hybridized carbons (Fsp3) is 0.476. The summed E-state index contributed by atoms with van der Waals surface area (Å²) in [6.45, 7) is 0.656. The Morgan fingerprint density at radius 2 is 1.68 bits per heavy atom. The summed E-state index contributed by atoms with van der Waals surface area (Å²) >= 11 is 12.9. The number of hydrogen-bond acceptors (Lipinski definition) is 4. The van der Waals surface area contributed by atoms with Crippen molar-refractivity contribution in [2.24, 2.45) is 0 Å². The highest BCUT2D eigenvalue weighted by Gasteiger charge is 2.31. The number of carboxylic acid groups (broad SMARTS) is 1. The van der Waals surface area contributed by atoms with Crippen LogP contribution in [-0.2, 0) is 9.59 Å². The van der Waals surface area contributed by atoms with E-state index in [9.17, 15) is 9.59 Å². The number of nitrogens with zero attached hydrogens (tertiary/aromatic N) is 1. The molecule has 1 amide bonds. The first-order valence-electron chi connectivity index (χ1n) is 9.70. The van der Waals surface area contributed by atoms with Crippen molar-refractivity contribution in [1.82, 2.24) is 4.90 Å². The summed E-state index contributed by atoms with van der Waals surface area (Å²) in [5.41, 5.74) is 0.827. The van der Waals surface area contributed by atoms with E-state index in [1.54, 1.807) is 11.0 Å². The van der Waals surface area contributed by atoms with Crippen LogP contribution < -0.4 is 0 Å². The molecule has 1 aromatic carbocycles. The molecule has 0 atom stereocenters. The molecule has 28 heavy (non-hydrogen) atoms. The zero-order valence-corrected chi connectivity index (χ0v) is 18.3. The third kappa shape index (κ3) is 7.57. The lowest BCUT2D eigenvalue weighted by Gasteiger charge is -2.14. The Kier molecular flexibility index (Phi) is 10.0. The van der Waals surface area contributed by atoms with Gasteiger partial charge in [-0.25, -0.2) is 0 Å². The Labute approximate surface area is 181 Å². The van der Waals surface area contributed by atoms with Crippen LogP contribution in [0.4, 0.5) is 0 Å². The number of hydrogen-bond donors (Lipinski definition) is 1. The van der Waals surface area contributed by atoms with Crippen LogP contribution in [0.1, 0.15) is 63.4 Å². The minimum absolute atomic E-state index is 0.0339. The summed E-state index contributed by atoms with van der Waals surface area (Å²) in [5, 5.41) is 9.22. The minimum atomic E-state index is -0.711. The molecule has 0 aromatic heterocycles. The van der Waals surface area contributed by atoms with Crippen LogP contribution in [-0.4, -0.2) is 32.7 Å². The van der Waals surface area contributed by atoms with E-state index in [1.807, 2.05) is 24.3 Å². The monoisotopic (exact) mass is 439 g/mol. The second-order valence-corrected chi connectivity index (χ2v) is 8.91. The molecular weight excluding hydrogens is 414 g/mol. The Morgan fingerprint density at radius 1 is 1.07 bits per heavy atom. The summed E-state index contributed by atoms with van der Waals surface area (Å²) in [6.07, 6.45) is 10.4. The molecule has 1 aliphatic rings. The van der Waals surface area contributed by atoms with Crippen molar-refractivity contribution in [2.75, 3.05) is 6.54 Å². The topological polar surface area (TPSA) is 57.6 Å². The Hall–Kier alpha value is -1.37. The molecule has 0 saturated carbocycles. The highest BCUT2D eigenvalue weighted by molar-refractivity contribution is 8.26. The number of aliphatic carboxylic acids is 1. The van der Waals surface area contributed by atoms with Gasteiger partial charge in [0, 0.05) is 18.0 Å². The van der Waals surface area contributed by atoms with E-state index in [-0.39, 0.29) is 12.3 Å². The molecule has 0 aliphatic carbocycles. The van der Waals surface area contributed by atoms with Gasteiger partial charge in [-0.05, 0) is 30.5 Å². The average molecular weight is 440 g/mol. The van der Waals surface area contributed by atoms with E-state index in [0.29, 0.717) is 20.8 Å². The third-order valence-electron chi connectivity index (χ3n) is 4.59. The van der Waals surface area contributed by atoms with Crippen molar-refractivity contribution in [3.05, 3.63) is 39.8 Å². The van der Waals surface area contributed by atoms with Gasteiger partial charge in [-0.1, -0.05) is 92.3 Å². The fourth-order valence-corrected chi connectivity index (χ4v) is 4.52. The van der Waals surface area contributed by atoms with E-state index in [0.717, 1.165) is 56.9 Å². The lowest BCUT2D eigenvalue weighted by atomic mass is 10.1. The van der Waals surface area contributed by atoms with Gasteiger partial charge in [-0.3, -0.25) is 14.5 Å². The van der Waals surface area contributed by atoms with Crippen molar-refractivity contribution in [3.8, 4) is 0 Å². The third-order valence-corrected chi connectivity index (χ3v) is 6.31. The highest BCUT2D eigenvalue weighted by Crippen LogP contribution is 2.33. The first-order valence-corrected chi connectivity index (χ1v) is 11.3. The standard InChI is InChI=1S/C21H26ClNO3S2/c22-17-12-9-8-11-16(17)15-18-20(26)23(21(27)28-18)14-10-6-4-2-1-3-5-7-13-19(24)25/h8-9,11-12,15H,1-7,10,13-14H2,(H,24,25)/b18-15-. The van der Waals surface area contributed by atoms with E-state index in [2.05, 4.69) is 0 Å². The van der Waals surface area contributed by atoms with Gasteiger partial charge in [0.2, 0.25) is 0 Å². The molecule has 0 bridgehead atoms. The van der Waals surface area contributed by atoms with E-state index in [1.165, 1.54) is 11.8 Å². The van der Waals surface area contributed by atoms with Gasteiger partial charge in [0.25, 0.3) is 5.91 Å². The Balaban J connectivity index is 1.65. The number of carbonyl (C=O) groups is 2. The van der Waals surface area contributed by atoms with Crippen LogP contribution >= 0.6 is 35.6 Å². The first kappa shape index (κ1) is 22.9. The average Bonchev–Trinajstić information content (AvgIpc) is 2.92. The summed E-state index contributed by atoms with van der Waals surface area (Å²) in [7, 11) is 0. The van der Waals surface area contributed by atoms with E-state index >= 15 is 0 Å². The minimum Gasteiger partial charge on any atom is -0.481 e. The van der Waals surface area contributed by atoms with Crippen molar-refractivity contribution in [2.45, 2.75) is 57.8 Å². The number of thioether (sulfide) groups is 1. The number of thiocarbonyl (C=S) groups is 1. The lowest BCUT2D eigenvalue weighted by molar-refractivity contribution is -0.137. The summed E-state index contributed by atoms with van der Waals surface area (Å²) < 4.78 is 0.613. The normalized spacial score (nSPS) is 15.6. The number of benzene rings is 1. The quantitative estimate of drug-likeness (QED) is 0.241. The van der Waals surface area contributed by atoms with Crippen molar-refractivity contribution in [3.63, 3.8) is 0 Å². The number of amides is 1. The maximum atomic E-state index is 12.6. The Bertz CT molecular complexity index is 736. The second kappa shape index (κ2) is 12.2. The second-order valence-electron chi connectivity index (χ2n) is 6.83. The number of carboxylic acids is 1. The molecule has 0 radical (unpaired) electrons. The smallest absolute Gasteiger partial charge is 0.303 e. The predicted octanol–water partition coefficient (Wildman–Crippen LogP) is 6.14. The van der Waals surface area contributed by atoms with Gasteiger partial charge < -0.3 is 5.11 Å². The van der Waals surface area contributed by atoms with Gasteiger partial charge in [-0.15, -0.1) is 0 Å². The largest absolute Gasteiger partial charge is 0.481 e. The maximum absolute atomic E-state index is 12.6. The van der Waals surface area contributed by atoms with Gasteiger partial charge in [0.15, 0.2) is 0 Å². The molecule has 0 spiro atoms. The summed E-state index contributed by atoms with van der Waals surface area (Å²) in [5.74, 6) is -0.745. The predicted molar refractivity (Wildman–Crippen MR) is 121 cm³/mol. The van der Waals surface area contributed by atoms with Crippen molar-refractivity contribution in [1.29, 1.82) is 0 Å². The van der Waals surface area contributed by atoms with Gasteiger partial charge in [0.1, 0.15) is 4.32 Å². The van der Waals surface area contributed by atoms with Crippen molar-refractivity contribution < 1.29 is 14.7 Å². The molecule has 7 heteroatoms. The molecular formula is C21H26ClNO3S2. The Morgan fingerprint density at radius 3 is 2.32 bits per heavy atom. The van der Waals surface area contributed by atoms with Crippen LogP contribution in [0.25, 0.3) is 6.08 Å². The fourth-order valence-electron chi connectivity index (χ4n) is 3.03. The number of unbranched alkanes of at least 4 members (excludes halogenated alkanes) is 7. The van der Waals surface area contributed by atoms with Crippen LogP contribution in [0.15, 0.2) is 29.2 Å². The molecule has 1 N–H and O–H groups in total. The van der Waals surface area contributed by atoms with E-state index in [4.69, 9.17) is 28.9 Å². The molecule has 1 fully saturated rings. The number of carbonyl (C=O) groups excluding carboxylic acids is 1. The van der Waals surface area contributed by atoms with Crippen LogP contribution in [0, 0.1) is 0 Å². The molecule has 0 unspecified atom stereocenters. The molecule has 1 saturated heterocycles. The maximum Gasteiger partial charge on any atom is 0.303 e. The van der Waals surface area contributed by atoms with Gasteiger partial charge in [-0.2, -0.15) is 0 Å². The summed E-state index contributed by atoms with van der Waals surface area (Å²) in [6, 6.07) is 7.45. The van der Waals surface area contributed by atoms with Gasteiger partial charge >= 0.3 is 5.97 Å². The highest BCUT2D eigenvalue weighted by atomic mass is 35.5. The molecule has 1 heterocycles. The molecule has 4 nitrogen and oxygen atoms in total. The van der Waals surface area contributed by atoms with E-state index < -0.39 is 5.97 Å². The number of rotatable bonds is 12. The van der Waals surface area contributed by atoms with Crippen LogP contribution in [0.3, 0.4) is 0 Å². The van der Waals surface area contributed by atoms with Crippen LogP contribution in [0.5, 0.6) is 0 Å². The number of halogens is 1. The molecule has 152 valence electrons.